The number of hydrogen-bond donors (Lipinski definition) is 1. The van der Waals surface area contributed by atoms with E-state index in [9.17, 15) is 0 Å². The van der Waals surface area contributed by atoms with Gasteiger partial charge >= 0.3 is 0 Å². The molecular weight excluding hydrogens is 362 g/mol. The molecular formula is C24H33N3O2. The van der Waals surface area contributed by atoms with E-state index in [4.69, 9.17) is 14.5 Å². The maximum atomic E-state index is 5.52. The van der Waals surface area contributed by atoms with Gasteiger partial charge in [0.05, 0.1) is 14.2 Å². The molecule has 0 radical (unpaired) electrons. The van der Waals surface area contributed by atoms with Gasteiger partial charge in [0.1, 0.15) is 17.2 Å². The molecule has 3 aromatic rings. The first kappa shape index (κ1) is 21.0. The van der Waals surface area contributed by atoms with Gasteiger partial charge in [0.25, 0.3) is 0 Å². The van der Waals surface area contributed by atoms with Crippen molar-refractivity contribution < 1.29 is 9.47 Å². The largest absolute Gasteiger partial charge is 0.493 e. The first-order valence-corrected chi connectivity index (χ1v) is 10.0. The lowest BCUT2D eigenvalue weighted by molar-refractivity contribution is 0.302. The number of aromatic nitrogens is 2. The lowest BCUT2D eigenvalue weighted by Gasteiger charge is -2.34. The number of imidazole rings is 1. The molecule has 0 amide bonds. The lowest BCUT2D eigenvalue weighted by Crippen LogP contribution is -2.36. The molecule has 5 nitrogen and oxygen atoms in total. The van der Waals surface area contributed by atoms with Gasteiger partial charge in [-0.1, -0.05) is 26.8 Å². The highest BCUT2D eigenvalue weighted by Crippen LogP contribution is 2.38. The van der Waals surface area contributed by atoms with Crippen LogP contribution >= 0.6 is 0 Å². The molecule has 0 bridgehead atoms. The maximum absolute atomic E-state index is 5.52. The highest BCUT2D eigenvalue weighted by molar-refractivity contribution is 5.78. The van der Waals surface area contributed by atoms with E-state index in [1.165, 1.54) is 5.56 Å². The van der Waals surface area contributed by atoms with Crippen molar-refractivity contribution in [3.8, 4) is 22.8 Å². The highest BCUT2D eigenvalue weighted by atomic mass is 16.5. The van der Waals surface area contributed by atoms with Crippen LogP contribution in [0.25, 0.3) is 16.9 Å². The molecule has 0 aliphatic carbocycles. The van der Waals surface area contributed by atoms with Crippen LogP contribution < -0.4 is 14.8 Å². The Bertz CT molecular complexity index is 1010. The Morgan fingerprint density at radius 2 is 1.66 bits per heavy atom. The SMILES string of the molecule is COc1ccc(-c2nc3ccc(C)cn3c2NC(C)(C)CC(C)(C)C)cc1OC. The molecule has 3 rings (SSSR count). The van der Waals surface area contributed by atoms with Crippen LogP contribution in [0, 0.1) is 12.3 Å². The monoisotopic (exact) mass is 395 g/mol. The van der Waals surface area contributed by atoms with E-state index in [0.717, 1.165) is 29.1 Å². The van der Waals surface area contributed by atoms with E-state index in [2.05, 4.69) is 69.6 Å². The zero-order valence-corrected chi connectivity index (χ0v) is 18.9. The third-order valence-corrected chi connectivity index (χ3v) is 4.85. The number of methoxy groups -OCH3 is 2. The molecule has 1 N–H and O–H groups in total. The summed E-state index contributed by atoms with van der Waals surface area (Å²) < 4.78 is 13.1. The molecule has 0 aliphatic heterocycles. The minimum Gasteiger partial charge on any atom is -0.493 e. The minimum atomic E-state index is -0.108. The van der Waals surface area contributed by atoms with E-state index in [-0.39, 0.29) is 11.0 Å². The van der Waals surface area contributed by atoms with E-state index in [1.807, 2.05) is 18.2 Å². The zero-order valence-electron chi connectivity index (χ0n) is 18.9. The number of nitrogens with zero attached hydrogens (tertiary/aromatic N) is 2. The molecule has 29 heavy (non-hydrogen) atoms. The molecule has 0 saturated carbocycles. The predicted molar refractivity (Wildman–Crippen MR) is 120 cm³/mol. The fraction of sp³-hybridized carbons (Fsp3) is 0.458. The molecule has 0 unspecified atom stereocenters. The summed E-state index contributed by atoms with van der Waals surface area (Å²) in [6.45, 7) is 13.4. The van der Waals surface area contributed by atoms with Crippen molar-refractivity contribution in [2.45, 2.75) is 53.5 Å². The van der Waals surface area contributed by atoms with Crippen molar-refractivity contribution in [1.29, 1.82) is 0 Å². The average Bonchev–Trinajstić information content (AvgIpc) is 2.96. The number of benzene rings is 1. The zero-order chi connectivity index (χ0) is 21.4. The van der Waals surface area contributed by atoms with Crippen LogP contribution in [-0.2, 0) is 0 Å². The van der Waals surface area contributed by atoms with Crippen LogP contribution in [0.4, 0.5) is 5.82 Å². The molecule has 156 valence electrons. The summed E-state index contributed by atoms with van der Waals surface area (Å²) in [5, 5.41) is 3.79. The molecule has 2 heterocycles. The maximum Gasteiger partial charge on any atom is 0.161 e. The Hall–Kier alpha value is -2.69. The molecule has 5 heteroatoms. The third kappa shape index (κ3) is 4.66. The van der Waals surface area contributed by atoms with Gasteiger partial charge < -0.3 is 14.8 Å². The number of aryl methyl sites for hydroxylation is 1. The number of pyridine rings is 1. The number of anilines is 1. The molecule has 2 aromatic heterocycles. The van der Waals surface area contributed by atoms with Crippen molar-refractivity contribution in [2.24, 2.45) is 5.41 Å². The van der Waals surface area contributed by atoms with E-state index >= 15 is 0 Å². The van der Waals surface area contributed by atoms with E-state index in [0.29, 0.717) is 11.5 Å². The summed E-state index contributed by atoms with van der Waals surface area (Å²) in [5.74, 6) is 2.39. The van der Waals surface area contributed by atoms with Gasteiger partial charge in [-0.15, -0.1) is 0 Å². The summed E-state index contributed by atoms with van der Waals surface area (Å²) in [5.41, 5.74) is 4.08. The van der Waals surface area contributed by atoms with Gasteiger partial charge in [0, 0.05) is 17.3 Å². The summed E-state index contributed by atoms with van der Waals surface area (Å²) >= 11 is 0. The number of rotatable bonds is 6. The van der Waals surface area contributed by atoms with Crippen LogP contribution in [0.1, 0.15) is 46.6 Å². The van der Waals surface area contributed by atoms with Crippen molar-refractivity contribution in [2.75, 3.05) is 19.5 Å². The van der Waals surface area contributed by atoms with Crippen LogP contribution in [0.3, 0.4) is 0 Å². The predicted octanol–water partition coefficient (Wildman–Crippen LogP) is 5.95. The fourth-order valence-electron chi connectivity index (χ4n) is 4.15. The van der Waals surface area contributed by atoms with Gasteiger partial charge in [0.15, 0.2) is 11.5 Å². The van der Waals surface area contributed by atoms with Crippen LogP contribution in [0.2, 0.25) is 0 Å². The minimum absolute atomic E-state index is 0.108. The third-order valence-electron chi connectivity index (χ3n) is 4.85. The van der Waals surface area contributed by atoms with Crippen LogP contribution in [0.15, 0.2) is 36.5 Å². The van der Waals surface area contributed by atoms with Crippen molar-refractivity contribution >= 4 is 11.5 Å². The Balaban J connectivity index is 2.16. The Morgan fingerprint density at radius 1 is 0.966 bits per heavy atom. The van der Waals surface area contributed by atoms with Gasteiger partial charge in [-0.05, 0) is 62.4 Å². The van der Waals surface area contributed by atoms with Crippen LogP contribution in [-0.4, -0.2) is 29.1 Å². The summed E-state index contributed by atoms with van der Waals surface area (Å²) in [7, 11) is 3.30. The number of ether oxygens (including phenoxy) is 2. The van der Waals surface area contributed by atoms with Crippen molar-refractivity contribution in [3.63, 3.8) is 0 Å². The standard InChI is InChI=1S/C24H33N3O2/c1-16-9-12-20-25-21(17-10-11-18(28-7)19(13-17)29-8)22(27(20)14-16)26-24(5,6)15-23(2,3)4/h9-14,26H,15H2,1-8H3. The summed E-state index contributed by atoms with van der Waals surface area (Å²) in [6, 6.07) is 10.1. The van der Waals surface area contributed by atoms with Gasteiger partial charge in [-0.2, -0.15) is 0 Å². The molecule has 0 spiro atoms. The van der Waals surface area contributed by atoms with Crippen molar-refractivity contribution in [3.05, 3.63) is 42.1 Å². The summed E-state index contributed by atoms with van der Waals surface area (Å²) in [6.07, 6.45) is 3.15. The number of hydrogen-bond acceptors (Lipinski definition) is 4. The highest BCUT2D eigenvalue weighted by Gasteiger charge is 2.28. The molecule has 0 saturated heterocycles. The van der Waals surface area contributed by atoms with E-state index < -0.39 is 0 Å². The normalized spacial score (nSPS) is 12.3. The quantitative estimate of drug-likeness (QED) is 0.560. The molecule has 0 atom stereocenters. The lowest BCUT2D eigenvalue weighted by atomic mass is 9.82. The Kier molecular flexibility index (Phi) is 5.52. The second-order valence-corrected chi connectivity index (χ2v) is 9.56. The second kappa shape index (κ2) is 7.62. The second-order valence-electron chi connectivity index (χ2n) is 9.56. The summed E-state index contributed by atoms with van der Waals surface area (Å²) in [4.78, 5) is 4.94. The topological polar surface area (TPSA) is 47.8 Å². The number of fused-ring (bicyclic) bond motifs is 1. The van der Waals surface area contributed by atoms with Gasteiger partial charge in [-0.3, -0.25) is 4.40 Å². The van der Waals surface area contributed by atoms with Gasteiger partial charge in [-0.25, -0.2) is 4.98 Å². The van der Waals surface area contributed by atoms with Gasteiger partial charge in [0.2, 0.25) is 0 Å². The van der Waals surface area contributed by atoms with Crippen molar-refractivity contribution in [1.82, 2.24) is 9.38 Å². The smallest absolute Gasteiger partial charge is 0.161 e. The van der Waals surface area contributed by atoms with Crippen LogP contribution in [0.5, 0.6) is 11.5 Å². The average molecular weight is 396 g/mol. The Labute approximate surface area is 174 Å². The Morgan fingerprint density at radius 3 is 2.28 bits per heavy atom. The fourth-order valence-corrected chi connectivity index (χ4v) is 4.15. The van der Waals surface area contributed by atoms with E-state index in [1.54, 1.807) is 14.2 Å². The molecule has 1 aromatic carbocycles. The first-order valence-electron chi connectivity index (χ1n) is 10.0. The first-order chi connectivity index (χ1) is 13.5. The molecule has 0 aliphatic rings. The number of nitrogens with one attached hydrogen (secondary N) is 1. The molecule has 0 fully saturated rings.